The normalized spacial score (nSPS) is 25.0. The van der Waals surface area contributed by atoms with Crippen molar-refractivity contribution in [3.8, 4) is 0 Å². The lowest BCUT2D eigenvalue weighted by Gasteiger charge is -2.41. The van der Waals surface area contributed by atoms with Crippen LogP contribution in [0.1, 0.15) is 33.6 Å². The van der Waals surface area contributed by atoms with E-state index in [0.29, 0.717) is 6.61 Å². The molecule has 1 rings (SSSR count). The minimum atomic E-state index is 0.177. The first-order valence-corrected chi connectivity index (χ1v) is 7.28. The summed E-state index contributed by atoms with van der Waals surface area (Å²) >= 11 is 0. The summed E-state index contributed by atoms with van der Waals surface area (Å²) in [6.45, 7) is 12.5. The molecule has 0 aliphatic carbocycles. The molecule has 0 bridgehead atoms. The number of rotatable bonds is 8. The third-order valence-electron chi connectivity index (χ3n) is 3.98. The maximum absolute atomic E-state index is 9.41. The van der Waals surface area contributed by atoms with Crippen LogP contribution in [0, 0.1) is 5.41 Å². The summed E-state index contributed by atoms with van der Waals surface area (Å²) in [5.41, 5.74) is 0.278. The minimum Gasteiger partial charge on any atom is -0.395 e. The zero-order chi connectivity index (χ0) is 13.4. The molecule has 4 nitrogen and oxygen atoms in total. The van der Waals surface area contributed by atoms with Gasteiger partial charge in [0.2, 0.25) is 0 Å². The van der Waals surface area contributed by atoms with E-state index >= 15 is 0 Å². The minimum absolute atomic E-state index is 0.177. The number of morpholine rings is 1. The SMILES string of the molecule is CCCNCC(C)(CC)CN1CCOCC1CO. The predicted octanol–water partition coefficient (Wildman–Crippen LogP) is 1.10. The highest BCUT2D eigenvalue weighted by Crippen LogP contribution is 2.23. The van der Waals surface area contributed by atoms with Crippen LogP contribution in [0.5, 0.6) is 0 Å². The Kier molecular flexibility index (Phi) is 7.15. The molecular formula is C14H30N2O2. The number of nitrogens with one attached hydrogen (secondary N) is 1. The fourth-order valence-electron chi connectivity index (χ4n) is 2.42. The van der Waals surface area contributed by atoms with Gasteiger partial charge in [0.15, 0.2) is 0 Å². The summed E-state index contributed by atoms with van der Waals surface area (Å²) in [4.78, 5) is 2.39. The first-order valence-electron chi connectivity index (χ1n) is 7.28. The molecule has 4 heteroatoms. The summed E-state index contributed by atoms with van der Waals surface area (Å²) in [7, 11) is 0. The molecule has 2 N–H and O–H groups in total. The van der Waals surface area contributed by atoms with E-state index in [2.05, 4.69) is 31.0 Å². The Morgan fingerprint density at radius 1 is 1.44 bits per heavy atom. The number of hydrogen-bond acceptors (Lipinski definition) is 4. The molecule has 18 heavy (non-hydrogen) atoms. The first-order chi connectivity index (χ1) is 8.65. The molecule has 0 radical (unpaired) electrons. The lowest BCUT2D eigenvalue weighted by molar-refractivity contribution is -0.0430. The zero-order valence-corrected chi connectivity index (χ0v) is 12.2. The van der Waals surface area contributed by atoms with Gasteiger partial charge >= 0.3 is 0 Å². The third-order valence-corrected chi connectivity index (χ3v) is 3.98. The number of hydrogen-bond donors (Lipinski definition) is 2. The first kappa shape index (κ1) is 15.9. The smallest absolute Gasteiger partial charge is 0.0644 e. The molecule has 0 aromatic carbocycles. The quantitative estimate of drug-likeness (QED) is 0.640. The molecule has 1 saturated heterocycles. The van der Waals surface area contributed by atoms with Crippen molar-refractivity contribution in [1.82, 2.24) is 10.2 Å². The molecule has 0 aromatic rings. The average molecular weight is 258 g/mol. The second-order valence-corrected chi connectivity index (χ2v) is 5.72. The Hall–Kier alpha value is -0.160. The summed E-state index contributed by atoms with van der Waals surface area (Å²) in [5.74, 6) is 0. The van der Waals surface area contributed by atoms with Crippen LogP contribution < -0.4 is 5.32 Å². The van der Waals surface area contributed by atoms with E-state index in [-0.39, 0.29) is 18.1 Å². The second kappa shape index (κ2) is 8.10. The van der Waals surface area contributed by atoms with Crippen LogP contribution in [0.2, 0.25) is 0 Å². The van der Waals surface area contributed by atoms with Gasteiger partial charge in [-0.2, -0.15) is 0 Å². The van der Waals surface area contributed by atoms with Crippen molar-refractivity contribution in [2.24, 2.45) is 5.41 Å². The largest absolute Gasteiger partial charge is 0.395 e. The Labute approximate surface area is 112 Å². The van der Waals surface area contributed by atoms with Crippen molar-refractivity contribution in [3.05, 3.63) is 0 Å². The molecular weight excluding hydrogens is 228 g/mol. The molecule has 2 unspecified atom stereocenters. The zero-order valence-electron chi connectivity index (χ0n) is 12.2. The highest BCUT2D eigenvalue weighted by atomic mass is 16.5. The molecule has 1 fully saturated rings. The maximum Gasteiger partial charge on any atom is 0.0644 e. The molecule has 2 atom stereocenters. The van der Waals surface area contributed by atoms with Crippen molar-refractivity contribution in [2.75, 3.05) is 46.0 Å². The average Bonchev–Trinajstić information content (AvgIpc) is 2.40. The van der Waals surface area contributed by atoms with Crippen LogP contribution in [0.15, 0.2) is 0 Å². The van der Waals surface area contributed by atoms with Gasteiger partial charge in [0.25, 0.3) is 0 Å². The molecule has 0 aromatic heterocycles. The maximum atomic E-state index is 9.41. The monoisotopic (exact) mass is 258 g/mol. The van der Waals surface area contributed by atoms with E-state index in [1.807, 2.05) is 0 Å². The molecule has 0 amide bonds. The summed E-state index contributed by atoms with van der Waals surface area (Å²) in [6, 6.07) is 0.177. The summed E-state index contributed by atoms with van der Waals surface area (Å²) in [6.07, 6.45) is 2.33. The van der Waals surface area contributed by atoms with Crippen molar-refractivity contribution in [2.45, 2.75) is 39.7 Å². The van der Waals surface area contributed by atoms with Crippen LogP contribution in [0.4, 0.5) is 0 Å². The lowest BCUT2D eigenvalue weighted by atomic mass is 9.86. The van der Waals surface area contributed by atoms with E-state index < -0.39 is 0 Å². The van der Waals surface area contributed by atoms with Crippen LogP contribution in [-0.4, -0.2) is 62.0 Å². The van der Waals surface area contributed by atoms with Gasteiger partial charge in [0, 0.05) is 19.6 Å². The van der Waals surface area contributed by atoms with E-state index in [0.717, 1.165) is 39.2 Å². The highest BCUT2D eigenvalue weighted by molar-refractivity contribution is 4.84. The van der Waals surface area contributed by atoms with Crippen molar-refractivity contribution in [1.29, 1.82) is 0 Å². The van der Waals surface area contributed by atoms with E-state index in [1.165, 1.54) is 6.42 Å². The van der Waals surface area contributed by atoms with Crippen LogP contribution in [0.25, 0.3) is 0 Å². The topological polar surface area (TPSA) is 44.7 Å². The van der Waals surface area contributed by atoms with Crippen LogP contribution in [0.3, 0.4) is 0 Å². The van der Waals surface area contributed by atoms with Gasteiger partial charge in [-0.15, -0.1) is 0 Å². The lowest BCUT2D eigenvalue weighted by Crippen LogP contribution is -2.52. The molecule has 1 aliphatic heterocycles. The number of aliphatic hydroxyl groups is 1. The highest BCUT2D eigenvalue weighted by Gasteiger charge is 2.30. The fraction of sp³-hybridized carbons (Fsp3) is 1.00. The van der Waals surface area contributed by atoms with Crippen molar-refractivity contribution >= 4 is 0 Å². The Bertz CT molecular complexity index is 226. The Morgan fingerprint density at radius 2 is 2.22 bits per heavy atom. The van der Waals surface area contributed by atoms with Gasteiger partial charge in [0.05, 0.1) is 25.9 Å². The van der Waals surface area contributed by atoms with Gasteiger partial charge in [-0.25, -0.2) is 0 Å². The molecule has 0 saturated carbocycles. The second-order valence-electron chi connectivity index (χ2n) is 5.72. The van der Waals surface area contributed by atoms with Crippen molar-refractivity contribution in [3.63, 3.8) is 0 Å². The van der Waals surface area contributed by atoms with Gasteiger partial charge in [-0.05, 0) is 24.8 Å². The molecule has 1 aliphatic rings. The van der Waals surface area contributed by atoms with E-state index in [9.17, 15) is 5.11 Å². The fourth-order valence-corrected chi connectivity index (χ4v) is 2.42. The van der Waals surface area contributed by atoms with Gasteiger partial charge in [0.1, 0.15) is 0 Å². The summed E-state index contributed by atoms with van der Waals surface area (Å²) in [5, 5.41) is 12.9. The Morgan fingerprint density at radius 3 is 2.83 bits per heavy atom. The van der Waals surface area contributed by atoms with E-state index in [4.69, 9.17) is 4.74 Å². The number of nitrogens with zero attached hydrogens (tertiary/aromatic N) is 1. The van der Waals surface area contributed by atoms with Gasteiger partial charge in [-0.1, -0.05) is 20.8 Å². The van der Waals surface area contributed by atoms with Crippen molar-refractivity contribution < 1.29 is 9.84 Å². The predicted molar refractivity (Wildman–Crippen MR) is 74.8 cm³/mol. The number of ether oxygens (including phenoxy) is 1. The third kappa shape index (κ3) is 4.84. The van der Waals surface area contributed by atoms with Crippen LogP contribution in [-0.2, 0) is 4.74 Å². The number of aliphatic hydroxyl groups excluding tert-OH is 1. The Balaban J connectivity index is 2.48. The standard InChI is InChI=1S/C14H30N2O2/c1-4-6-15-11-14(3,5-2)12-16-7-8-18-10-13(16)9-17/h13,15,17H,4-12H2,1-3H3. The molecule has 0 spiro atoms. The van der Waals surface area contributed by atoms with Gasteiger partial charge in [-0.3, -0.25) is 4.90 Å². The van der Waals surface area contributed by atoms with Crippen LogP contribution >= 0.6 is 0 Å². The molecule has 1 heterocycles. The van der Waals surface area contributed by atoms with Gasteiger partial charge < -0.3 is 15.2 Å². The summed E-state index contributed by atoms with van der Waals surface area (Å²) < 4.78 is 5.43. The van der Waals surface area contributed by atoms with E-state index in [1.54, 1.807) is 0 Å². The molecule has 108 valence electrons.